The van der Waals surface area contributed by atoms with Gasteiger partial charge >= 0.3 is 0 Å². The molecule has 160 valence electrons. The Morgan fingerprint density at radius 3 is 2.30 bits per heavy atom. The van der Waals surface area contributed by atoms with E-state index in [1.807, 2.05) is 18.2 Å². The van der Waals surface area contributed by atoms with E-state index in [1.165, 1.54) is 18.5 Å². The standard InChI is InChI=1S/C23H29ClN4O2/c1-16-13-19(17(2)28(16)18-7-8-18)22(29)14-26-9-11-27(12-10-26)15-23(30)25-21-6-4-3-5-20(21)24/h3-6,13,18H,7-12,14-15H2,1-2H3,(H,25,30). The Balaban J connectivity index is 1.26. The molecule has 0 radical (unpaired) electrons. The van der Waals surface area contributed by atoms with Gasteiger partial charge in [0.05, 0.1) is 23.8 Å². The van der Waals surface area contributed by atoms with Crippen molar-refractivity contribution >= 4 is 29.0 Å². The minimum atomic E-state index is -0.0693. The second kappa shape index (κ2) is 8.92. The highest BCUT2D eigenvalue weighted by molar-refractivity contribution is 6.33. The zero-order chi connectivity index (χ0) is 21.3. The van der Waals surface area contributed by atoms with Crippen LogP contribution in [0.4, 0.5) is 5.69 Å². The molecule has 0 atom stereocenters. The second-order valence-corrected chi connectivity index (χ2v) is 8.80. The Hall–Kier alpha value is -2.15. The van der Waals surface area contributed by atoms with E-state index in [0.717, 1.165) is 37.4 Å². The number of para-hydroxylation sites is 1. The molecule has 2 aromatic rings. The van der Waals surface area contributed by atoms with Crippen molar-refractivity contribution in [2.45, 2.75) is 32.7 Å². The van der Waals surface area contributed by atoms with Crippen molar-refractivity contribution in [1.29, 1.82) is 0 Å². The smallest absolute Gasteiger partial charge is 0.238 e. The lowest BCUT2D eigenvalue weighted by atomic mass is 10.1. The minimum absolute atomic E-state index is 0.0693. The topological polar surface area (TPSA) is 57.6 Å². The van der Waals surface area contributed by atoms with Gasteiger partial charge in [-0.3, -0.25) is 19.4 Å². The summed E-state index contributed by atoms with van der Waals surface area (Å²) >= 11 is 6.10. The molecule has 1 aromatic carbocycles. The summed E-state index contributed by atoms with van der Waals surface area (Å²) in [6.45, 7) is 8.03. The molecule has 1 aromatic heterocycles. The van der Waals surface area contributed by atoms with Crippen LogP contribution in [0.1, 0.15) is 40.6 Å². The van der Waals surface area contributed by atoms with Crippen molar-refractivity contribution in [2.24, 2.45) is 0 Å². The lowest BCUT2D eigenvalue weighted by molar-refractivity contribution is -0.117. The number of carbonyl (C=O) groups is 2. The number of benzene rings is 1. The van der Waals surface area contributed by atoms with Gasteiger partial charge in [-0.25, -0.2) is 0 Å². The Morgan fingerprint density at radius 2 is 1.67 bits per heavy atom. The van der Waals surface area contributed by atoms with E-state index in [1.54, 1.807) is 12.1 Å². The number of nitrogens with zero attached hydrogens (tertiary/aromatic N) is 3. The maximum atomic E-state index is 12.9. The van der Waals surface area contributed by atoms with Gasteiger partial charge in [-0.15, -0.1) is 0 Å². The van der Waals surface area contributed by atoms with Crippen LogP contribution in [0.5, 0.6) is 0 Å². The summed E-state index contributed by atoms with van der Waals surface area (Å²) in [6, 6.07) is 9.87. The van der Waals surface area contributed by atoms with E-state index >= 15 is 0 Å². The molecule has 30 heavy (non-hydrogen) atoms. The van der Waals surface area contributed by atoms with E-state index < -0.39 is 0 Å². The van der Waals surface area contributed by atoms with E-state index in [-0.39, 0.29) is 11.7 Å². The number of anilines is 1. The number of rotatable bonds is 7. The number of ketones is 1. The molecule has 1 N–H and O–H groups in total. The number of hydrogen-bond acceptors (Lipinski definition) is 4. The maximum absolute atomic E-state index is 12.9. The van der Waals surface area contributed by atoms with E-state index in [4.69, 9.17) is 11.6 Å². The molecular formula is C23H29ClN4O2. The highest BCUT2D eigenvalue weighted by Crippen LogP contribution is 2.38. The summed E-state index contributed by atoms with van der Waals surface area (Å²) in [7, 11) is 0. The monoisotopic (exact) mass is 428 g/mol. The first-order valence-corrected chi connectivity index (χ1v) is 11.0. The fourth-order valence-electron chi connectivity index (χ4n) is 4.30. The molecule has 4 rings (SSSR count). The fraction of sp³-hybridized carbons (Fsp3) is 0.478. The van der Waals surface area contributed by atoms with Gasteiger partial charge in [-0.05, 0) is 44.9 Å². The molecule has 6 nitrogen and oxygen atoms in total. The van der Waals surface area contributed by atoms with Crippen LogP contribution in [0.15, 0.2) is 30.3 Å². The first-order chi connectivity index (χ1) is 14.4. The minimum Gasteiger partial charge on any atom is -0.345 e. The third-order valence-corrected chi connectivity index (χ3v) is 6.37. The number of Topliss-reactive ketones (excluding diaryl/α,β-unsaturated/α-hetero) is 1. The highest BCUT2D eigenvalue weighted by Gasteiger charge is 2.29. The molecule has 1 saturated heterocycles. The molecule has 2 fully saturated rings. The molecular weight excluding hydrogens is 400 g/mol. The molecule has 1 amide bonds. The van der Waals surface area contributed by atoms with Crippen LogP contribution < -0.4 is 5.32 Å². The molecule has 1 aliphatic heterocycles. The van der Waals surface area contributed by atoms with Gasteiger partial charge in [0.15, 0.2) is 5.78 Å². The van der Waals surface area contributed by atoms with Crippen molar-refractivity contribution in [2.75, 3.05) is 44.6 Å². The number of carbonyl (C=O) groups excluding carboxylic acids is 2. The van der Waals surface area contributed by atoms with Gasteiger partial charge in [0, 0.05) is 49.2 Å². The Bertz CT molecular complexity index is 943. The molecule has 1 saturated carbocycles. The fourth-order valence-corrected chi connectivity index (χ4v) is 4.49. The van der Waals surface area contributed by atoms with Crippen LogP contribution in [0, 0.1) is 13.8 Å². The molecule has 0 bridgehead atoms. The van der Waals surface area contributed by atoms with Gasteiger partial charge in [0.2, 0.25) is 5.91 Å². The number of aryl methyl sites for hydroxylation is 1. The number of amides is 1. The van der Waals surface area contributed by atoms with Crippen molar-refractivity contribution in [3.63, 3.8) is 0 Å². The van der Waals surface area contributed by atoms with Crippen LogP contribution in [0.25, 0.3) is 0 Å². The summed E-state index contributed by atoms with van der Waals surface area (Å²) in [6.07, 6.45) is 2.44. The van der Waals surface area contributed by atoms with Gasteiger partial charge in [0.1, 0.15) is 0 Å². The van der Waals surface area contributed by atoms with Crippen molar-refractivity contribution in [3.05, 3.63) is 52.3 Å². The molecule has 1 aliphatic carbocycles. The quantitative estimate of drug-likeness (QED) is 0.685. The van der Waals surface area contributed by atoms with Crippen LogP contribution in [-0.4, -0.2) is 65.3 Å². The average molecular weight is 429 g/mol. The molecule has 0 unspecified atom stereocenters. The third-order valence-electron chi connectivity index (χ3n) is 6.04. The van der Waals surface area contributed by atoms with E-state index in [2.05, 4.69) is 33.5 Å². The number of halogens is 1. The lowest BCUT2D eigenvalue weighted by Crippen LogP contribution is -2.49. The summed E-state index contributed by atoms with van der Waals surface area (Å²) < 4.78 is 2.32. The van der Waals surface area contributed by atoms with Crippen LogP contribution >= 0.6 is 11.6 Å². The third kappa shape index (κ3) is 4.77. The molecule has 7 heteroatoms. The Labute approximate surface area is 182 Å². The molecule has 2 aliphatic rings. The zero-order valence-corrected chi connectivity index (χ0v) is 18.4. The average Bonchev–Trinajstić information content (AvgIpc) is 3.49. The predicted molar refractivity (Wildman–Crippen MR) is 119 cm³/mol. The summed E-state index contributed by atoms with van der Waals surface area (Å²) in [5.74, 6) is 0.125. The number of nitrogens with one attached hydrogen (secondary N) is 1. The maximum Gasteiger partial charge on any atom is 0.238 e. The SMILES string of the molecule is Cc1cc(C(=O)CN2CCN(CC(=O)Nc3ccccc3Cl)CC2)c(C)n1C1CC1. The summed E-state index contributed by atoms with van der Waals surface area (Å²) in [5.41, 5.74) is 3.79. The van der Waals surface area contributed by atoms with Gasteiger partial charge in [-0.2, -0.15) is 0 Å². The molecule has 2 heterocycles. The van der Waals surface area contributed by atoms with Crippen molar-refractivity contribution < 1.29 is 9.59 Å². The highest BCUT2D eigenvalue weighted by atomic mass is 35.5. The van der Waals surface area contributed by atoms with Crippen molar-refractivity contribution in [3.8, 4) is 0 Å². The summed E-state index contributed by atoms with van der Waals surface area (Å²) in [4.78, 5) is 29.5. The van der Waals surface area contributed by atoms with Gasteiger partial charge < -0.3 is 9.88 Å². The normalized spacial score (nSPS) is 17.8. The van der Waals surface area contributed by atoms with Crippen molar-refractivity contribution in [1.82, 2.24) is 14.4 Å². The van der Waals surface area contributed by atoms with Gasteiger partial charge in [-0.1, -0.05) is 23.7 Å². The van der Waals surface area contributed by atoms with E-state index in [9.17, 15) is 9.59 Å². The number of piperazine rings is 1. The number of hydrogen-bond donors (Lipinski definition) is 1. The van der Waals surface area contributed by atoms with Gasteiger partial charge in [0.25, 0.3) is 0 Å². The first kappa shape index (κ1) is 21.1. The molecule has 0 spiro atoms. The Morgan fingerprint density at radius 1 is 1.03 bits per heavy atom. The Kier molecular flexibility index (Phi) is 6.27. The summed E-state index contributed by atoms with van der Waals surface area (Å²) in [5, 5.41) is 3.41. The first-order valence-electron chi connectivity index (χ1n) is 10.6. The zero-order valence-electron chi connectivity index (χ0n) is 17.7. The van der Waals surface area contributed by atoms with Crippen LogP contribution in [0.2, 0.25) is 5.02 Å². The van der Waals surface area contributed by atoms with Crippen LogP contribution in [0.3, 0.4) is 0 Å². The van der Waals surface area contributed by atoms with Crippen LogP contribution in [-0.2, 0) is 4.79 Å². The second-order valence-electron chi connectivity index (χ2n) is 8.39. The predicted octanol–water partition coefficient (Wildman–Crippen LogP) is 3.53. The lowest BCUT2D eigenvalue weighted by Gasteiger charge is -2.33. The van der Waals surface area contributed by atoms with E-state index in [0.29, 0.717) is 29.8 Å². The largest absolute Gasteiger partial charge is 0.345 e. The number of aromatic nitrogens is 1.